The lowest BCUT2D eigenvalue weighted by molar-refractivity contribution is 0.595. The second-order valence-electron chi connectivity index (χ2n) is 4.83. The third-order valence-corrected chi connectivity index (χ3v) is 4.42. The molecule has 0 amide bonds. The van der Waals surface area contributed by atoms with Crippen LogP contribution in [0.5, 0.6) is 0 Å². The van der Waals surface area contributed by atoms with Crippen molar-refractivity contribution in [1.29, 1.82) is 0 Å². The van der Waals surface area contributed by atoms with Crippen molar-refractivity contribution in [3.8, 4) is 0 Å². The number of aromatic nitrogens is 2. The molecule has 0 bridgehead atoms. The number of hydrogen-bond acceptors (Lipinski definition) is 3. The molecule has 2 aromatic heterocycles. The van der Waals surface area contributed by atoms with Gasteiger partial charge in [-0.3, -0.25) is 4.98 Å². The minimum atomic E-state index is 0. The molecule has 0 N–H and O–H groups in total. The van der Waals surface area contributed by atoms with E-state index in [0.29, 0.717) is 5.92 Å². The van der Waals surface area contributed by atoms with E-state index >= 15 is 0 Å². The summed E-state index contributed by atoms with van der Waals surface area (Å²) in [6, 6.07) is 2.29. The molecule has 2 aromatic rings. The molecular weight excluding hydrogens is 264 g/mol. The highest BCUT2D eigenvalue weighted by atomic mass is 35.5. The van der Waals surface area contributed by atoms with Crippen molar-refractivity contribution in [3.63, 3.8) is 0 Å². The summed E-state index contributed by atoms with van der Waals surface area (Å²) < 4.78 is 0. The van der Waals surface area contributed by atoms with Gasteiger partial charge in [-0.05, 0) is 44.2 Å². The van der Waals surface area contributed by atoms with E-state index in [1.165, 1.54) is 41.1 Å². The van der Waals surface area contributed by atoms with Crippen LogP contribution in [0.4, 0.5) is 0 Å². The van der Waals surface area contributed by atoms with Crippen molar-refractivity contribution in [3.05, 3.63) is 45.2 Å². The number of pyridine rings is 1. The molecule has 0 saturated heterocycles. The maximum atomic E-state index is 4.65. The summed E-state index contributed by atoms with van der Waals surface area (Å²) in [4.78, 5) is 9.29. The van der Waals surface area contributed by atoms with Gasteiger partial charge >= 0.3 is 0 Å². The monoisotopic (exact) mass is 280 g/mol. The van der Waals surface area contributed by atoms with E-state index in [0.717, 1.165) is 5.69 Å². The van der Waals surface area contributed by atoms with Crippen molar-refractivity contribution in [2.75, 3.05) is 0 Å². The lowest BCUT2D eigenvalue weighted by atomic mass is 9.86. The van der Waals surface area contributed by atoms with E-state index in [-0.39, 0.29) is 12.4 Å². The van der Waals surface area contributed by atoms with Crippen LogP contribution in [-0.4, -0.2) is 9.97 Å². The summed E-state index contributed by atoms with van der Waals surface area (Å²) >= 11 is 1.77. The molecule has 0 fully saturated rings. The van der Waals surface area contributed by atoms with Gasteiger partial charge < -0.3 is 0 Å². The molecule has 3 rings (SSSR count). The third-order valence-electron chi connectivity index (χ3n) is 3.34. The van der Waals surface area contributed by atoms with Crippen LogP contribution in [0.15, 0.2) is 17.6 Å². The first-order valence-corrected chi connectivity index (χ1v) is 6.99. The van der Waals surface area contributed by atoms with Gasteiger partial charge in [-0.1, -0.05) is 6.07 Å². The van der Waals surface area contributed by atoms with Gasteiger partial charge in [0.25, 0.3) is 0 Å². The smallest absolute Gasteiger partial charge is 0.102 e. The van der Waals surface area contributed by atoms with Crippen LogP contribution in [0, 0.1) is 13.8 Å². The highest BCUT2D eigenvalue weighted by Gasteiger charge is 2.25. The number of aryl methyl sites for hydroxylation is 3. The molecule has 1 atom stereocenters. The van der Waals surface area contributed by atoms with E-state index in [1.54, 1.807) is 11.3 Å². The number of rotatable bonds is 1. The Morgan fingerprint density at radius 2 is 2.17 bits per heavy atom. The summed E-state index contributed by atoms with van der Waals surface area (Å²) in [5.74, 6) is 0.429. The predicted molar refractivity (Wildman–Crippen MR) is 77.9 cm³/mol. The number of hydrogen-bond donors (Lipinski definition) is 0. The molecule has 1 aliphatic rings. The SMILES string of the molecule is Cc1cnc2c(c1)CCCC2c1nc(C)cs1.Cl. The van der Waals surface area contributed by atoms with Gasteiger partial charge in [0.1, 0.15) is 5.01 Å². The highest BCUT2D eigenvalue weighted by molar-refractivity contribution is 7.09. The standard InChI is InChI=1S/C14H16N2S.ClH/c1-9-6-11-4-3-5-12(13(11)15-7-9)14-16-10(2)8-17-14;/h6-8,12H,3-5H2,1-2H3;1H. The number of fused-ring (bicyclic) bond motifs is 1. The molecule has 0 radical (unpaired) electrons. The van der Waals surface area contributed by atoms with Crippen LogP contribution < -0.4 is 0 Å². The average Bonchev–Trinajstić information content (AvgIpc) is 2.74. The zero-order chi connectivity index (χ0) is 11.8. The van der Waals surface area contributed by atoms with Gasteiger partial charge in [-0.15, -0.1) is 23.7 Å². The largest absolute Gasteiger partial charge is 0.260 e. The Morgan fingerprint density at radius 3 is 2.89 bits per heavy atom. The number of thiazole rings is 1. The van der Waals surface area contributed by atoms with Gasteiger partial charge in [0.15, 0.2) is 0 Å². The maximum Gasteiger partial charge on any atom is 0.102 e. The van der Waals surface area contributed by atoms with Gasteiger partial charge in [-0.2, -0.15) is 0 Å². The minimum Gasteiger partial charge on any atom is -0.260 e. The molecule has 2 heterocycles. The fraction of sp³-hybridized carbons (Fsp3) is 0.429. The molecule has 0 aliphatic heterocycles. The van der Waals surface area contributed by atoms with Gasteiger partial charge in [-0.25, -0.2) is 4.98 Å². The molecule has 0 spiro atoms. The van der Waals surface area contributed by atoms with Crippen LogP contribution in [-0.2, 0) is 6.42 Å². The van der Waals surface area contributed by atoms with Gasteiger partial charge in [0.2, 0.25) is 0 Å². The van der Waals surface area contributed by atoms with Crippen LogP contribution in [0.1, 0.15) is 46.3 Å². The maximum absolute atomic E-state index is 4.65. The van der Waals surface area contributed by atoms with Crippen LogP contribution >= 0.6 is 23.7 Å². The van der Waals surface area contributed by atoms with Crippen LogP contribution in [0.3, 0.4) is 0 Å². The molecule has 1 aliphatic carbocycles. The van der Waals surface area contributed by atoms with Crippen LogP contribution in [0.25, 0.3) is 0 Å². The van der Waals surface area contributed by atoms with Crippen molar-refractivity contribution in [2.24, 2.45) is 0 Å². The zero-order valence-corrected chi connectivity index (χ0v) is 12.3. The van der Waals surface area contributed by atoms with Crippen LogP contribution in [0.2, 0.25) is 0 Å². The summed E-state index contributed by atoms with van der Waals surface area (Å²) in [6.07, 6.45) is 5.60. The molecule has 4 heteroatoms. The minimum absolute atomic E-state index is 0. The van der Waals surface area contributed by atoms with Crippen molar-refractivity contribution >= 4 is 23.7 Å². The molecule has 96 valence electrons. The Kier molecular flexibility index (Phi) is 4.03. The molecule has 18 heavy (non-hydrogen) atoms. The molecular formula is C14H17ClN2S. The Hall–Kier alpha value is -0.930. The fourth-order valence-electron chi connectivity index (χ4n) is 2.56. The zero-order valence-electron chi connectivity index (χ0n) is 10.6. The Labute approximate surface area is 118 Å². The Bertz CT molecular complexity index is 550. The second kappa shape index (κ2) is 5.37. The van der Waals surface area contributed by atoms with E-state index in [1.807, 2.05) is 6.20 Å². The summed E-state index contributed by atoms with van der Waals surface area (Å²) in [7, 11) is 0. The van der Waals surface area contributed by atoms with Crippen molar-refractivity contribution in [2.45, 2.75) is 39.0 Å². The fourth-order valence-corrected chi connectivity index (χ4v) is 3.49. The van der Waals surface area contributed by atoms with E-state index < -0.39 is 0 Å². The first kappa shape index (κ1) is 13.5. The van der Waals surface area contributed by atoms with E-state index in [2.05, 4.69) is 35.3 Å². The lowest BCUT2D eigenvalue weighted by Gasteiger charge is -2.23. The summed E-state index contributed by atoms with van der Waals surface area (Å²) in [5, 5.41) is 3.37. The topological polar surface area (TPSA) is 25.8 Å². The average molecular weight is 281 g/mol. The van der Waals surface area contributed by atoms with Crippen molar-refractivity contribution < 1.29 is 0 Å². The molecule has 1 unspecified atom stereocenters. The molecule has 0 saturated carbocycles. The van der Waals surface area contributed by atoms with Gasteiger partial charge in [0, 0.05) is 17.3 Å². The first-order valence-electron chi connectivity index (χ1n) is 6.11. The summed E-state index contributed by atoms with van der Waals surface area (Å²) in [5.41, 5.74) is 5.08. The van der Waals surface area contributed by atoms with Gasteiger partial charge in [0.05, 0.1) is 11.6 Å². The van der Waals surface area contributed by atoms with Crippen molar-refractivity contribution in [1.82, 2.24) is 9.97 Å². The molecule has 0 aromatic carbocycles. The first-order chi connectivity index (χ1) is 8.24. The Morgan fingerprint density at radius 1 is 1.33 bits per heavy atom. The third kappa shape index (κ3) is 2.43. The number of halogens is 1. The quantitative estimate of drug-likeness (QED) is 0.788. The van der Waals surface area contributed by atoms with E-state index in [4.69, 9.17) is 0 Å². The van der Waals surface area contributed by atoms with E-state index in [9.17, 15) is 0 Å². The second-order valence-corrected chi connectivity index (χ2v) is 5.72. The molecule has 2 nitrogen and oxygen atoms in total. The normalized spacial score (nSPS) is 18.0. The summed E-state index contributed by atoms with van der Waals surface area (Å²) in [6.45, 7) is 4.18. The Balaban J connectivity index is 0.00000120. The highest BCUT2D eigenvalue weighted by Crippen LogP contribution is 2.36. The predicted octanol–water partition coefficient (Wildman–Crippen LogP) is 4.04. The number of nitrogens with zero attached hydrogens (tertiary/aromatic N) is 2. The lowest BCUT2D eigenvalue weighted by Crippen LogP contribution is -2.13.